The molecule has 2 aromatic rings. The molecule has 0 saturated heterocycles. The Labute approximate surface area is 130 Å². The van der Waals surface area contributed by atoms with Gasteiger partial charge in [0.1, 0.15) is 29.7 Å². The molecule has 112 valence electrons. The van der Waals surface area contributed by atoms with Gasteiger partial charge in [0.25, 0.3) is 0 Å². The molecule has 1 aromatic heterocycles. The molecule has 0 radical (unpaired) electrons. The van der Waals surface area contributed by atoms with E-state index in [-0.39, 0.29) is 5.92 Å². The van der Waals surface area contributed by atoms with Crippen molar-refractivity contribution in [2.75, 3.05) is 18.5 Å². The third-order valence-electron chi connectivity index (χ3n) is 3.07. The molecule has 0 fully saturated rings. The number of hydrogen-bond donors (Lipinski definition) is 1. The second-order valence-electron chi connectivity index (χ2n) is 5.17. The summed E-state index contributed by atoms with van der Waals surface area (Å²) in [5, 5.41) is 3.76. The summed E-state index contributed by atoms with van der Waals surface area (Å²) < 4.78 is 5.70. The molecule has 0 aliphatic rings. The molecule has 21 heavy (non-hydrogen) atoms. The van der Waals surface area contributed by atoms with Crippen molar-refractivity contribution < 1.29 is 4.74 Å². The van der Waals surface area contributed by atoms with Crippen molar-refractivity contribution in [1.29, 1.82) is 0 Å². The molecule has 2 rings (SSSR count). The van der Waals surface area contributed by atoms with Crippen molar-refractivity contribution in [1.82, 2.24) is 9.97 Å². The highest BCUT2D eigenvalue weighted by Crippen LogP contribution is 2.27. The van der Waals surface area contributed by atoms with Crippen molar-refractivity contribution in [3.63, 3.8) is 0 Å². The van der Waals surface area contributed by atoms with Gasteiger partial charge in [0, 0.05) is 5.56 Å². The summed E-state index contributed by atoms with van der Waals surface area (Å²) in [6.07, 6.45) is 1.47. The molecule has 0 aliphatic heterocycles. The second kappa shape index (κ2) is 7.27. The van der Waals surface area contributed by atoms with E-state index in [9.17, 15) is 0 Å². The average Bonchev–Trinajstić information content (AvgIpc) is 2.43. The molecule has 4 nitrogen and oxygen atoms in total. The number of hydrogen-bond acceptors (Lipinski definition) is 4. The summed E-state index contributed by atoms with van der Waals surface area (Å²) in [6.45, 7) is 7.39. The molecular weight excluding hydrogens is 286 g/mol. The summed E-state index contributed by atoms with van der Waals surface area (Å²) in [7, 11) is 0. The van der Waals surface area contributed by atoms with E-state index < -0.39 is 0 Å². The van der Waals surface area contributed by atoms with Gasteiger partial charge in [-0.25, -0.2) is 9.97 Å². The Morgan fingerprint density at radius 3 is 2.81 bits per heavy atom. The standard InChI is InChI=1S/C16H20ClN3O/c1-11(2)14-15(17)19-10-20-16(14)18-7-8-21-13-6-4-5-12(3)9-13/h4-6,9-11H,7-8H2,1-3H3,(H,18,19,20). The molecule has 0 bridgehead atoms. The normalized spacial score (nSPS) is 10.7. The highest BCUT2D eigenvalue weighted by molar-refractivity contribution is 6.30. The van der Waals surface area contributed by atoms with Crippen LogP contribution in [0.15, 0.2) is 30.6 Å². The van der Waals surface area contributed by atoms with Crippen molar-refractivity contribution in [3.05, 3.63) is 46.9 Å². The van der Waals surface area contributed by atoms with Crippen LogP contribution in [0.5, 0.6) is 5.75 Å². The molecule has 1 aromatic carbocycles. The summed E-state index contributed by atoms with van der Waals surface area (Å²) in [5.74, 6) is 1.92. The first-order valence-corrected chi connectivity index (χ1v) is 7.39. The lowest BCUT2D eigenvalue weighted by atomic mass is 10.1. The largest absolute Gasteiger partial charge is 0.492 e. The maximum Gasteiger partial charge on any atom is 0.138 e. The van der Waals surface area contributed by atoms with Crippen molar-refractivity contribution >= 4 is 17.4 Å². The van der Waals surface area contributed by atoms with E-state index in [1.165, 1.54) is 11.9 Å². The van der Waals surface area contributed by atoms with Crippen LogP contribution >= 0.6 is 11.6 Å². The van der Waals surface area contributed by atoms with E-state index in [1.54, 1.807) is 0 Å². The SMILES string of the molecule is Cc1cccc(OCCNc2ncnc(Cl)c2C(C)C)c1. The van der Waals surface area contributed by atoms with E-state index >= 15 is 0 Å². The first-order valence-electron chi connectivity index (χ1n) is 7.01. The van der Waals surface area contributed by atoms with E-state index in [1.807, 2.05) is 31.2 Å². The van der Waals surface area contributed by atoms with E-state index in [0.29, 0.717) is 18.3 Å². The molecule has 0 saturated carbocycles. The zero-order valence-electron chi connectivity index (χ0n) is 12.6. The predicted molar refractivity (Wildman–Crippen MR) is 86.3 cm³/mol. The molecule has 0 atom stereocenters. The summed E-state index contributed by atoms with van der Waals surface area (Å²) >= 11 is 6.13. The second-order valence-corrected chi connectivity index (χ2v) is 5.53. The van der Waals surface area contributed by atoms with Gasteiger partial charge in [-0.05, 0) is 30.5 Å². The van der Waals surface area contributed by atoms with Crippen LogP contribution in [0.25, 0.3) is 0 Å². The highest BCUT2D eigenvalue weighted by Gasteiger charge is 2.12. The van der Waals surface area contributed by atoms with Crippen molar-refractivity contribution in [2.45, 2.75) is 26.7 Å². The lowest BCUT2D eigenvalue weighted by molar-refractivity contribution is 0.332. The monoisotopic (exact) mass is 305 g/mol. The van der Waals surface area contributed by atoms with Gasteiger partial charge >= 0.3 is 0 Å². The fraction of sp³-hybridized carbons (Fsp3) is 0.375. The maximum absolute atomic E-state index is 6.13. The Morgan fingerprint density at radius 1 is 1.29 bits per heavy atom. The van der Waals surface area contributed by atoms with Crippen LogP contribution in [0, 0.1) is 6.92 Å². The number of nitrogens with zero attached hydrogens (tertiary/aromatic N) is 2. The van der Waals surface area contributed by atoms with Gasteiger partial charge < -0.3 is 10.1 Å². The Balaban J connectivity index is 1.91. The minimum Gasteiger partial charge on any atom is -0.492 e. The van der Waals surface area contributed by atoms with Crippen LogP contribution in [0.2, 0.25) is 5.15 Å². The van der Waals surface area contributed by atoms with Gasteiger partial charge in [0.05, 0.1) is 6.54 Å². The number of ether oxygens (including phenoxy) is 1. The zero-order valence-corrected chi connectivity index (χ0v) is 13.3. The van der Waals surface area contributed by atoms with Gasteiger partial charge in [0.15, 0.2) is 0 Å². The quantitative estimate of drug-likeness (QED) is 0.646. The summed E-state index contributed by atoms with van der Waals surface area (Å²) in [4.78, 5) is 8.29. The molecule has 5 heteroatoms. The average molecular weight is 306 g/mol. The summed E-state index contributed by atoms with van der Waals surface area (Å²) in [6, 6.07) is 8.00. The van der Waals surface area contributed by atoms with Crippen LogP contribution in [0.1, 0.15) is 30.9 Å². The predicted octanol–water partition coefficient (Wildman–Crippen LogP) is 4.05. The molecule has 0 unspecified atom stereocenters. The molecule has 1 N–H and O–H groups in total. The van der Waals surface area contributed by atoms with Crippen LogP contribution < -0.4 is 10.1 Å². The van der Waals surface area contributed by atoms with Gasteiger partial charge in [0.2, 0.25) is 0 Å². The highest BCUT2D eigenvalue weighted by atomic mass is 35.5. The topological polar surface area (TPSA) is 47.0 Å². The van der Waals surface area contributed by atoms with E-state index in [0.717, 1.165) is 17.1 Å². The first-order chi connectivity index (χ1) is 10.1. The van der Waals surface area contributed by atoms with Gasteiger partial charge in [-0.15, -0.1) is 0 Å². The van der Waals surface area contributed by atoms with E-state index in [2.05, 4.69) is 29.1 Å². The molecule has 0 spiro atoms. The number of rotatable bonds is 6. The smallest absolute Gasteiger partial charge is 0.138 e. The molecular formula is C16H20ClN3O. The maximum atomic E-state index is 6.13. The number of nitrogens with one attached hydrogen (secondary N) is 1. The minimum atomic E-state index is 0.263. The number of anilines is 1. The number of aromatic nitrogens is 2. The fourth-order valence-electron chi connectivity index (χ4n) is 2.07. The van der Waals surface area contributed by atoms with Crippen LogP contribution in [-0.2, 0) is 0 Å². The van der Waals surface area contributed by atoms with Crippen molar-refractivity contribution in [3.8, 4) is 5.75 Å². The number of halogens is 1. The lowest BCUT2D eigenvalue weighted by Gasteiger charge is -2.14. The van der Waals surface area contributed by atoms with Crippen LogP contribution in [0.3, 0.4) is 0 Å². The third kappa shape index (κ3) is 4.33. The third-order valence-corrected chi connectivity index (χ3v) is 3.37. The number of benzene rings is 1. The molecule has 0 aliphatic carbocycles. The van der Waals surface area contributed by atoms with Crippen molar-refractivity contribution in [2.24, 2.45) is 0 Å². The van der Waals surface area contributed by atoms with Gasteiger partial charge in [-0.3, -0.25) is 0 Å². The van der Waals surface area contributed by atoms with Gasteiger partial charge in [-0.1, -0.05) is 37.6 Å². The number of aryl methyl sites for hydroxylation is 1. The Hall–Kier alpha value is -1.81. The molecule has 1 heterocycles. The fourth-order valence-corrected chi connectivity index (χ4v) is 2.42. The van der Waals surface area contributed by atoms with Crippen LogP contribution in [-0.4, -0.2) is 23.1 Å². The minimum absolute atomic E-state index is 0.263. The zero-order chi connectivity index (χ0) is 15.2. The molecule has 0 amide bonds. The van der Waals surface area contributed by atoms with Crippen LogP contribution in [0.4, 0.5) is 5.82 Å². The Kier molecular flexibility index (Phi) is 5.39. The van der Waals surface area contributed by atoms with E-state index in [4.69, 9.17) is 16.3 Å². The Morgan fingerprint density at radius 2 is 2.10 bits per heavy atom. The first kappa shape index (κ1) is 15.6. The van der Waals surface area contributed by atoms with Gasteiger partial charge in [-0.2, -0.15) is 0 Å². The Bertz CT molecular complexity index is 602. The lowest BCUT2D eigenvalue weighted by Crippen LogP contribution is -2.14. The summed E-state index contributed by atoms with van der Waals surface area (Å²) in [5.41, 5.74) is 2.12.